The fourth-order valence-corrected chi connectivity index (χ4v) is 1.50. The number of nitro benzene ring substituents is 1. The van der Waals surface area contributed by atoms with Gasteiger partial charge in [0.2, 0.25) is 0 Å². The third-order valence-corrected chi connectivity index (χ3v) is 2.36. The standard InChI is InChI=1S/C12H9N3O3/c13-7-9-6-10(3-4-12(9)15(16)17)14-8-11-2-1-5-18-11/h1-6,14H,8H2. The number of nitrogens with one attached hydrogen (secondary N) is 1. The molecule has 0 atom stereocenters. The highest BCUT2D eigenvalue weighted by molar-refractivity contribution is 5.58. The number of rotatable bonds is 4. The first-order chi connectivity index (χ1) is 8.70. The molecule has 2 rings (SSSR count). The maximum absolute atomic E-state index is 10.7. The number of anilines is 1. The van der Waals surface area contributed by atoms with Crippen LogP contribution in [0.25, 0.3) is 0 Å². The van der Waals surface area contributed by atoms with E-state index < -0.39 is 4.92 Å². The minimum absolute atomic E-state index is 0.0319. The number of benzene rings is 1. The molecule has 0 spiro atoms. The maximum atomic E-state index is 10.7. The Balaban J connectivity index is 2.15. The minimum atomic E-state index is -0.575. The average Bonchev–Trinajstić information content (AvgIpc) is 2.88. The molecule has 0 aliphatic carbocycles. The first-order valence-electron chi connectivity index (χ1n) is 5.15. The fourth-order valence-electron chi connectivity index (χ4n) is 1.50. The van der Waals surface area contributed by atoms with Crippen LogP contribution in [0.3, 0.4) is 0 Å². The van der Waals surface area contributed by atoms with E-state index >= 15 is 0 Å². The van der Waals surface area contributed by atoms with Gasteiger partial charge in [-0.25, -0.2) is 0 Å². The lowest BCUT2D eigenvalue weighted by molar-refractivity contribution is -0.385. The highest BCUT2D eigenvalue weighted by Crippen LogP contribution is 2.22. The second-order valence-electron chi connectivity index (χ2n) is 3.53. The van der Waals surface area contributed by atoms with Crippen LogP contribution in [-0.2, 0) is 6.54 Å². The highest BCUT2D eigenvalue weighted by Gasteiger charge is 2.13. The summed E-state index contributed by atoms with van der Waals surface area (Å²) in [6.45, 7) is 0.454. The zero-order chi connectivity index (χ0) is 13.0. The van der Waals surface area contributed by atoms with E-state index in [1.807, 2.05) is 6.07 Å². The van der Waals surface area contributed by atoms with Gasteiger partial charge in [-0.05, 0) is 24.3 Å². The predicted octanol–water partition coefficient (Wildman–Crippen LogP) is 2.67. The van der Waals surface area contributed by atoms with Gasteiger partial charge in [0.1, 0.15) is 17.4 Å². The predicted molar refractivity (Wildman–Crippen MR) is 63.8 cm³/mol. The number of furan rings is 1. The molecule has 1 N–H and O–H groups in total. The van der Waals surface area contributed by atoms with E-state index in [1.165, 1.54) is 12.1 Å². The number of hydrogen-bond acceptors (Lipinski definition) is 5. The zero-order valence-corrected chi connectivity index (χ0v) is 9.29. The highest BCUT2D eigenvalue weighted by atomic mass is 16.6. The van der Waals surface area contributed by atoms with Gasteiger partial charge in [-0.1, -0.05) is 0 Å². The lowest BCUT2D eigenvalue weighted by Crippen LogP contribution is -1.99. The van der Waals surface area contributed by atoms with E-state index in [4.69, 9.17) is 9.68 Å². The SMILES string of the molecule is N#Cc1cc(NCc2ccco2)ccc1[N+](=O)[O-]. The van der Waals surface area contributed by atoms with Crippen LogP contribution in [0.5, 0.6) is 0 Å². The molecular weight excluding hydrogens is 234 g/mol. The minimum Gasteiger partial charge on any atom is -0.467 e. The van der Waals surface area contributed by atoms with Crippen molar-refractivity contribution in [1.82, 2.24) is 0 Å². The van der Waals surface area contributed by atoms with Crippen molar-refractivity contribution in [3.63, 3.8) is 0 Å². The lowest BCUT2D eigenvalue weighted by atomic mass is 10.1. The summed E-state index contributed by atoms with van der Waals surface area (Å²) in [6, 6.07) is 9.70. The van der Waals surface area contributed by atoms with Crippen molar-refractivity contribution in [3.8, 4) is 6.07 Å². The molecule has 0 bridgehead atoms. The van der Waals surface area contributed by atoms with Crippen LogP contribution >= 0.6 is 0 Å². The smallest absolute Gasteiger partial charge is 0.287 e. The second-order valence-corrected chi connectivity index (χ2v) is 3.53. The average molecular weight is 243 g/mol. The van der Waals surface area contributed by atoms with Gasteiger partial charge in [0.25, 0.3) is 5.69 Å². The normalized spacial score (nSPS) is 9.72. The van der Waals surface area contributed by atoms with Crippen molar-refractivity contribution in [3.05, 3.63) is 58.0 Å². The fraction of sp³-hybridized carbons (Fsp3) is 0.0833. The van der Waals surface area contributed by atoms with Crippen LogP contribution in [0.15, 0.2) is 41.0 Å². The van der Waals surface area contributed by atoms with Crippen LogP contribution in [-0.4, -0.2) is 4.92 Å². The molecule has 1 aromatic carbocycles. The maximum Gasteiger partial charge on any atom is 0.287 e. The van der Waals surface area contributed by atoms with Gasteiger partial charge in [-0.3, -0.25) is 10.1 Å². The monoisotopic (exact) mass is 243 g/mol. The summed E-state index contributed by atoms with van der Waals surface area (Å²) < 4.78 is 5.14. The van der Waals surface area contributed by atoms with Gasteiger partial charge in [0.15, 0.2) is 0 Å². The van der Waals surface area contributed by atoms with Crippen molar-refractivity contribution in [2.45, 2.75) is 6.54 Å². The van der Waals surface area contributed by atoms with Crippen LogP contribution in [0, 0.1) is 21.4 Å². The van der Waals surface area contributed by atoms with Crippen molar-refractivity contribution in [2.75, 3.05) is 5.32 Å². The van der Waals surface area contributed by atoms with E-state index in [9.17, 15) is 10.1 Å². The summed E-state index contributed by atoms with van der Waals surface area (Å²) in [7, 11) is 0. The Morgan fingerprint density at radius 1 is 1.44 bits per heavy atom. The number of nitrogens with zero attached hydrogens (tertiary/aromatic N) is 2. The summed E-state index contributed by atoms with van der Waals surface area (Å²) in [5.74, 6) is 0.742. The molecule has 0 fully saturated rings. The van der Waals surface area contributed by atoms with Crippen molar-refractivity contribution < 1.29 is 9.34 Å². The Hall–Kier alpha value is -2.81. The van der Waals surface area contributed by atoms with E-state index in [2.05, 4.69) is 5.32 Å². The van der Waals surface area contributed by atoms with Crippen LogP contribution in [0.1, 0.15) is 11.3 Å². The number of hydrogen-bond donors (Lipinski definition) is 1. The quantitative estimate of drug-likeness (QED) is 0.658. The molecule has 6 nitrogen and oxygen atoms in total. The summed E-state index contributed by atoms with van der Waals surface area (Å²) in [4.78, 5) is 10.1. The molecule has 0 radical (unpaired) electrons. The van der Waals surface area contributed by atoms with Gasteiger partial charge in [0.05, 0.1) is 17.7 Å². The Morgan fingerprint density at radius 2 is 2.28 bits per heavy atom. The molecule has 1 heterocycles. The molecule has 0 saturated heterocycles. The van der Waals surface area contributed by atoms with E-state index in [-0.39, 0.29) is 11.3 Å². The molecule has 0 amide bonds. The van der Waals surface area contributed by atoms with Gasteiger partial charge < -0.3 is 9.73 Å². The molecule has 2 aromatic rings. The first-order valence-corrected chi connectivity index (χ1v) is 5.15. The Bertz CT molecular complexity index is 600. The molecule has 0 saturated carbocycles. The topological polar surface area (TPSA) is 92.1 Å². The van der Waals surface area contributed by atoms with E-state index in [0.29, 0.717) is 12.2 Å². The number of nitriles is 1. The Morgan fingerprint density at radius 3 is 2.89 bits per heavy atom. The summed E-state index contributed by atoms with van der Waals surface area (Å²) in [5, 5.41) is 22.5. The lowest BCUT2D eigenvalue weighted by Gasteiger charge is -2.04. The van der Waals surface area contributed by atoms with E-state index in [1.54, 1.807) is 24.5 Å². The molecule has 0 aliphatic rings. The molecule has 1 aromatic heterocycles. The second kappa shape index (κ2) is 5.01. The summed E-state index contributed by atoms with van der Waals surface area (Å²) >= 11 is 0. The van der Waals surface area contributed by atoms with Gasteiger partial charge in [0, 0.05) is 11.8 Å². The first kappa shape index (κ1) is 11.7. The molecular formula is C12H9N3O3. The van der Waals surface area contributed by atoms with Crippen LogP contribution < -0.4 is 5.32 Å². The Labute approximate surface area is 103 Å². The van der Waals surface area contributed by atoms with Gasteiger partial charge in [-0.2, -0.15) is 5.26 Å². The molecule has 18 heavy (non-hydrogen) atoms. The summed E-state index contributed by atoms with van der Waals surface area (Å²) in [6.07, 6.45) is 1.56. The van der Waals surface area contributed by atoms with Crippen LogP contribution in [0.4, 0.5) is 11.4 Å². The third kappa shape index (κ3) is 2.47. The molecule has 6 heteroatoms. The van der Waals surface area contributed by atoms with E-state index in [0.717, 1.165) is 5.76 Å². The number of nitro groups is 1. The summed E-state index contributed by atoms with van der Waals surface area (Å²) in [5.41, 5.74) is 0.471. The third-order valence-electron chi connectivity index (χ3n) is 2.36. The van der Waals surface area contributed by atoms with Crippen molar-refractivity contribution in [2.24, 2.45) is 0 Å². The molecule has 0 aliphatic heterocycles. The largest absolute Gasteiger partial charge is 0.467 e. The van der Waals surface area contributed by atoms with Crippen molar-refractivity contribution in [1.29, 1.82) is 5.26 Å². The van der Waals surface area contributed by atoms with Gasteiger partial charge in [-0.15, -0.1) is 0 Å². The van der Waals surface area contributed by atoms with Crippen molar-refractivity contribution >= 4 is 11.4 Å². The Kier molecular flexibility index (Phi) is 3.25. The van der Waals surface area contributed by atoms with Crippen LogP contribution in [0.2, 0.25) is 0 Å². The molecule has 0 unspecified atom stereocenters. The van der Waals surface area contributed by atoms with Gasteiger partial charge >= 0.3 is 0 Å². The zero-order valence-electron chi connectivity index (χ0n) is 9.29. The molecule has 90 valence electrons.